The molecule has 1 aromatic carbocycles. The first kappa shape index (κ1) is 23.3. The van der Waals surface area contributed by atoms with Gasteiger partial charge in [0.1, 0.15) is 10.8 Å². The van der Waals surface area contributed by atoms with E-state index in [0.717, 1.165) is 11.3 Å². The number of amides is 2. The molecule has 0 fully saturated rings. The van der Waals surface area contributed by atoms with Gasteiger partial charge in [-0.1, -0.05) is 11.6 Å². The maximum absolute atomic E-state index is 12.7. The van der Waals surface area contributed by atoms with Crippen molar-refractivity contribution >= 4 is 45.7 Å². The van der Waals surface area contributed by atoms with Gasteiger partial charge in [0.2, 0.25) is 0 Å². The molecule has 2 aromatic heterocycles. The van der Waals surface area contributed by atoms with Crippen LogP contribution in [0.25, 0.3) is 0 Å². The Labute approximate surface area is 193 Å². The number of aromatic nitrogens is 2. The summed E-state index contributed by atoms with van der Waals surface area (Å²) in [5.74, 6) is -1.32. The monoisotopic (exact) mass is 476 g/mol. The number of esters is 1. The molecule has 32 heavy (non-hydrogen) atoms. The van der Waals surface area contributed by atoms with Gasteiger partial charge >= 0.3 is 5.97 Å². The van der Waals surface area contributed by atoms with Crippen LogP contribution in [0.1, 0.15) is 49.9 Å². The second kappa shape index (κ2) is 9.84. The quantitative estimate of drug-likeness (QED) is 0.475. The maximum Gasteiger partial charge on any atom is 0.341 e. The van der Waals surface area contributed by atoms with Crippen molar-refractivity contribution in [1.82, 2.24) is 9.78 Å². The Hall–Kier alpha value is -3.37. The summed E-state index contributed by atoms with van der Waals surface area (Å²) in [6, 6.07) is 8.33. The van der Waals surface area contributed by atoms with Gasteiger partial charge < -0.3 is 20.5 Å². The number of halogens is 1. The lowest BCUT2D eigenvalue weighted by Crippen LogP contribution is -2.18. The van der Waals surface area contributed by atoms with Gasteiger partial charge in [0.15, 0.2) is 12.4 Å². The summed E-state index contributed by atoms with van der Waals surface area (Å²) in [4.78, 5) is 37.1. The molecule has 0 atom stereocenters. The van der Waals surface area contributed by atoms with Crippen LogP contribution in [0.5, 0.6) is 5.75 Å². The molecule has 3 N–H and O–H groups in total. The summed E-state index contributed by atoms with van der Waals surface area (Å²) in [6.07, 6.45) is 1.20. The summed E-state index contributed by atoms with van der Waals surface area (Å²) in [5.41, 5.74) is 5.95. The van der Waals surface area contributed by atoms with E-state index in [0.29, 0.717) is 16.3 Å². The van der Waals surface area contributed by atoms with Gasteiger partial charge in [0, 0.05) is 11.2 Å². The average Bonchev–Trinajstić information content (AvgIpc) is 3.31. The number of hydrogen-bond donors (Lipinski definition) is 2. The molecule has 0 radical (unpaired) electrons. The number of benzene rings is 1. The number of ether oxygens (including phenoxy) is 2. The number of hydrogen-bond acceptors (Lipinski definition) is 7. The molecular formula is C21H21ClN4O5S. The molecule has 3 aromatic rings. The van der Waals surface area contributed by atoms with Crippen molar-refractivity contribution in [2.45, 2.75) is 33.6 Å². The number of nitrogens with one attached hydrogen (secondary N) is 1. The predicted octanol–water partition coefficient (Wildman–Crippen LogP) is 3.86. The third-order valence-electron chi connectivity index (χ3n) is 4.19. The molecule has 9 nitrogen and oxygen atoms in total. The number of nitrogens with two attached hydrogens (primary N) is 1. The Morgan fingerprint density at radius 3 is 2.53 bits per heavy atom. The molecular weight excluding hydrogens is 456 g/mol. The van der Waals surface area contributed by atoms with Crippen LogP contribution >= 0.6 is 22.9 Å². The first-order valence-corrected chi connectivity index (χ1v) is 10.7. The van der Waals surface area contributed by atoms with E-state index in [-0.39, 0.29) is 34.0 Å². The number of anilines is 1. The van der Waals surface area contributed by atoms with Gasteiger partial charge in [-0.2, -0.15) is 5.10 Å². The minimum atomic E-state index is -0.699. The SMILES string of the molecule is Cc1c(C(N)=O)sc(NC(=O)c2ccn(COc3ccc(Cl)cc3)n2)c1C(=O)OC(C)C. The highest BCUT2D eigenvalue weighted by Crippen LogP contribution is 2.34. The van der Waals surface area contributed by atoms with Crippen molar-refractivity contribution in [2.24, 2.45) is 5.73 Å². The number of thiophene rings is 1. The van der Waals surface area contributed by atoms with Gasteiger partial charge in [-0.15, -0.1) is 11.3 Å². The van der Waals surface area contributed by atoms with E-state index in [1.165, 1.54) is 10.7 Å². The highest BCUT2D eigenvalue weighted by Gasteiger charge is 2.27. The van der Waals surface area contributed by atoms with E-state index in [2.05, 4.69) is 10.4 Å². The van der Waals surface area contributed by atoms with Crippen LogP contribution in [0, 0.1) is 6.92 Å². The van der Waals surface area contributed by atoms with Crippen LogP contribution < -0.4 is 15.8 Å². The molecule has 0 unspecified atom stereocenters. The van der Waals surface area contributed by atoms with Crippen LogP contribution in [0.2, 0.25) is 5.02 Å². The molecule has 3 rings (SSSR count). The van der Waals surface area contributed by atoms with E-state index in [4.69, 9.17) is 26.8 Å². The summed E-state index contributed by atoms with van der Waals surface area (Å²) < 4.78 is 12.3. The van der Waals surface area contributed by atoms with Crippen LogP contribution in [0.4, 0.5) is 5.00 Å². The lowest BCUT2D eigenvalue weighted by molar-refractivity contribution is 0.0379. The Bertz CT molecular complexity index is 1150. The third-order valence-corrected chi connectivity index (χ3v) is 5.67. The maximum atomic E-state index is 12.7. The van der Waals surface area contributed by atoms with Gasteiger partial charge in [-0.05, 0) is 56.7 Å². The normalized spacial score (nSPS) is 10.8. The smallest absolute Gasteiger partial charge is 0.341 e. The number of rotatable bonds is 8. The summed E-state index contributed by atoms with van der Waals surface area (Å²) >= 11 is 6.76. The van der Waals surface area contributed by atoms with Crippen molar-refractivity contribution in [3.8, 4) is 5.75 Å². The zero-order valence-electron chi connectivity index (χ0n) is 17.5. The van der Waals surface area contributed by atoms with E-state index in [1.54, 1.807) is 51.2 Å². The van der Waals surface area contributed by atoms with Crippen molar-refractivity contribution in [3.05, 3.63) is 63.2 Å². The zero-order valence-corrected chi connectivity index (χ0v) is 19.1. The highest BCUT2D eigenvalue weighted by atomic mass is 35.5. The van der Waals surface area contributed by atoms with Gasteiger partial charge in [-0.3, -0.25) is 9.59 Å². The molecule has 0 saturated carbocycles. The zero-order chi connectivity index (χ0) is 23.4. The fraction of sp³-hybridized carbons (Fsp3) is 0.238. The van der Waals surface area contributed by atoms with Crippen molar-refractivity contribution < 1.29 is 23.9 Å². The number of nitrogens with zero attached hydrogens (tertiary/aromatic N) is 2. The van der Waals surface area contributed by atoms with Crippen molar-refractivity contribution in [2.75, 3.05) is 5.32 Å². The topological polar surface area (TPSA) is 126 Å². The van der Waals surface area contributed by atoms with Crippen LogP contribution in [0.15, 0.2) is 36.5 Å². The van der Waals surface area contributed by atoms with Crippen molar-refractivity contribution in [1.29, 1.82) is 0 Å². The first-order valence-electron chi connectivity index (χ1n) is 9.53. The Morgan fingerprint density at radius 2 is 1.91 bits per heavy atom. The summed E-state index contributed by atoms with van der Waals surface area (Å²) in [7, 11) is 0. The van der Waals surface area contributed by atoms with Gasteiger partial charge in [-0.25, -0.2) is 9.48 Å². The van der Waals surface area contributed by atoms with E-state index < -0.39 is 17.8 Å². The minimum absolute atomic E-state index is 0.0742. The van der Waals surface area contributed by atoms with Gasteiger partial charge in [0.05, 0.1) is 16.5 Å². The number of carbonyl (C=O) groups excluding carboxylic acids is 3. The molecule has 2 heterocycles. The molecule has 0 aliphatic carbocycles. The van der Waals surface area contributed by atoms with Crippen molar-refractivity contribution in [3.63, 3.8) is 0 Å². The molecule has 0 spiro atoms. The summed E-state index contributed by atoms with van der Waals surface area (Å²) in [5, 5.41) is 7.57. The van der Waals surface area contributed by atoms with E-state index in [9.17, 15) is 14.4 Å². The summed E-state index contributed by atoms with van der Waals surface area (Å²) in [6.45, 7) is 5.05. The molecule has 11 heteroatoms. The Balaban J connectivity index is 1.75. The second-order valence-corrected chi connectivity index (χ2v) is 8.46. The molecule has 2 amide bonds. The van der Waals surface area contributed by atoms with Gasteiger partial charge in [0.25, 0.3) is 11.8 Å². The Morgan fingerprint density at radius 1 is 1.22 bits per heavy atom. The standard InChI is InChI=1S/C21H21ClN4O5S/c1-11(2)31-21(29)16-12(3)17(18(23)27)32-20(16)24-19(28)15-8-9-26(25-15)10-30-14-6-4-13(22)5-7-14/h4-9,11H,10H2,1-3H3,(H2,23,27)(H,24,28). The van der Waals surface area contributed by atoms with Crippen LogP contribution in [-0.4, -0.2) is 33.7 Å². The lowest BCUT2D eigenvalue weighted by Gasteiger charge is -2.10. The number of primary amides is 1. The Kier molecular flexibility index (Phi) is 7.16. The number of carbonyl (C=O) groups is 3. The van der Waals surface area contributed by atoms with E-state index in [1.807, 2.05) is 0 Å². The highest BCUT2D eigenvalue weighted by molar-refractivity contribution is 7.18. The fourth-order valence-corrected chi connectivity index (χ4v) is 3.92. The second-order valence-electron chi connectivity index (χ2n) is 7.00. The first-order chi connectivity index (χ1) is 15.2. The average molecular weight is 477 g/mol. The molecule has 0 bridgehead atoms. The van der Waals surface area contributed by atoms with E-state index >= 15 is 0 Å². The largest absolute Gasteiger partial charge is 0.471 e. The van der Waals surface area contributed by atoms with Crippen LogP contribution in [-0.2, 0) is 11.5 Å². The molecule has 0 aliphatic heterocycles. The third kappa shape index (κ3) is 5.45. The fourth-order valence-electron chi connectivity index (χ4n) is 2.75. The predicted molar refractivity (Wildman–Crippen MR) is 120 cm³/mol. The molecule has 0 aliphatic rings. The molecule has 0 saturated heterocycles. The lowest BCUT2D eigenvalue weighted by atomic mass is 10.1. The molecule has 168 valence electrons. The van der Waals surface area contributed by atoms with Crippen LogP contribution in [0.3, 0.4) is 0 Å². The minimum Gasteiger partial charge on any atom is -0.471 e.